The number of ether oxygens (including phenoxy) is 1. The summed E-state index contributed by atoms with van der Waals surface area (Å²) in [5.41, 5.74) is 1.28. The van der Waals surface area contributed by atoms with E-state index in [0.717, 1.165) is 16.9 Å². The minimum atomic E-state index is -0.737. The van der Waals surface area contributed by atoms with E-state index in [1.165, 1.54) is 0 Å². The molecule has 0 radical (unpaired) electrons. The van der Waals surface area contributed by atoms with Crippen LogP contribution < -0.4 is 10.1 Å². The van der Waals surface area contributed by atoms with E-state index in [4.69, 9.17) is 4.74 Å². The average Bonchev–Trinajstić information content (AvgIpc) is 2.14. The van der Waals surface area contributed by atoms with Gasteiger partial charge in [-0.2, -0.15) is 0 Å². The summed E-state index contributed by atoms with van der Waals surface area (Å²) in [6.07, 6.45) is 0. The summed E-state index contributed by atoms with van der Waals surface area (Å²) in [4.78, 5) is 0. The van der Waals surface area contributed by atoms with Crippen molar-refractivity contribution in [3.8, 4) is 5.75 Å². The first-order valence-corrected chi connectivity index (χ1v) is 4.74. The number of aryl methyl sites for hydroxylation is 1. The molecule has 0 amide bonds. The molecule has 2 N–H and O–H groups in total. The summed E-state index contributed by atoms with van der Waals surface area (Å²) >= 11 is 0. The number of hydrogen-bond acceptors (Lipinski definition) is 3. The Morgan fingerprint density at radius 3 is 2.64 bits per heavy atom. The van der Waals surface area contributed by atoms with Gasteiger partial charge in [0.05, 0.1) is 7.11 Å². The van der Waals surface area contributed by atoms with Crippen molar-refractivity contribution in [1.29, 1.82) is 0 Å². The van der Waals surface area contributed by atoms with E-state index in [2.05, 4.69) is 5.32 Å². The molecule has 0 bridgehead atoms. The average molecular weight is 193 g/mol. The molecule has 3 nitrogen and oxygen atoms in total. The van der Waals surface area contributed by atoms with Gasteiger partial charge in [0.2, 0.25) is 0 Å². The van der Waals surface area contributed by atoms with Gasteiger partial charge in [-0.05, 0) is 18.6 Å². The largest absolute Gasteiger partial charge is 0.496 e. The van der Waals surface area contributed by atoms with Gasteiger partial charge in [-0.15, -0.1) is 0 Å². The predicted molar refractivity (Wildman–Crippen MR) is 54.5 cm³/mol. The van der Waals surface area contributed by atoms with Crippen molar-refractivity contribution in [2.24, 2.45) is 0 Å². The molecule has 76 valence electrons. The van der Waals surface area contributed by atoms with Crippen molar-refractivity contribution in [1.82, 2.24) is 5.32 Å². The van der Waals surface area contributed by atoms with Gasteiger partial charge in [0.1, 0.15) is 11.4 Å². The second kappa shape index (κ2) is 3.26. The summed E-state index contributed by atoms with van der Waals surface area (Å²) in [5.74, 6) is 0.772. The van der Waals surface area contributed by atoms with Crippen LogP contribution >= 0.6 is 0 Å². The molecule has 1 saturated heterocycles. The fourth-order valence-corrected chi connectivity index (χ4v) is 1.74. The fraction of sp³-hybridized carbons (Fsp3) is 0.455. The van der Waals surface area contributed by atoms with Gasteiger partial charge in [0.15, 0.2) is 0 Å². The second-order valence-corrected chi connectivity index (χ2v) is 3.84. The van der Waals surface area contributed by atoms with E-state index in [9.17, 15) is 5.11 Å². The number of rotatable bonds is 2. The topological polar surface area (TPSA) is 41.5 Å². The zero-order valence-electron chi connectivity index (χ0n) is 8.50. The lowest BCUT2D eigenvalue weighted by atomic mass is 9.87. The van der Waals surface area contributed by atoms with Crippen LogP contribution in [0, 0.1) is 6.92 Å². The van der Waals surface area contributed by atoms with Crippen LogP contribution in [0.4, 0.5) is 0 Å². The second-order valence-electron chi connectivity index (χ2n) is 3.84. The smallest absolute Gasteiger partial charge is 0.125 e. The van der Waals surface area contributed by atoms with Gasteiger partial charge in [0, 0.05) is 18.7 Å². The van der Waals surface area contributed by atoms with Crippen LogP contribution in [-0.2, 0) is 5.60 Å². The van der Waals surface area contributed by atoms with Gasteiger partial charge in [0.25, 0.3) is 0 Å². The number of nitrogens with one attached hydrogen (secondary N) is 1. The first-order chi connectivity index (χ1) is 6.65. The maximum atomic E-state index is 10.1. The van der Waals surface area contributed by atoms with Crippen LogP contribution in [0.3, 0.4) is 0 Å². The van der Waals surface area contributed by atoms with E-state index in [-0.39, 0.29) is 0 Å². The molecule has 1 aliphatic rings. The molecule has 0 atom stereocenters. The summed E-state index contributed by atoms with van der Waals surface area (Å²) in [6, 6.07) is 5.88. The van der Waals surface area contributed by atoms with E-state index in [0.29, 0.717) is 13.1 Å². The van der Waals surface area contributed by atoms with Crippen molar-refractivity contribution in [2.75, 3.05) is 20.2 Å². The zero-order chi connectivity index (χ0) is 10.2. The lowest BCUT2D eigenvalue weighted by Crippen LogP contribution is -2.56. The summed E-state index contributed by atoms with van der Waals surface area (Å²) in [7, 11) is 1.63. The monoisotopic (exact) mass is 193 g/mol. The van der Waals surface area contributed by atoms with E-state index in [1.807, 2.05) is 25.1 Å². The first-order valence-electron chi connectivity index (χ1n) is 4.74. The lowest BCUT2D eigenvalue weighted by molar-refractivity contribution is -0.0165. The van der Waals surface area contributed by atoms with Crippen LogP contribution in [0.5, 0.6) is 5.75 Å². The Hall–Kier alpha value is -1.06. The zero-order valence-corrected chi connectivity index (χ0v) is 8.50. The summed E-state index contributed by atoms with van der Waals surface area (Å²) in [6.45, 7) is 3.22. The minimum absolute atomic E-state index is 0.604. The van der Waals surface area contributed by atoms with Crippen LogP contribution in [0.2, 0.25) is 0 Å². The fourth-order valence-electron chi connectivity index (χ4n) is 1.74. The Morgan fingerprint density at radius 2 is 2.14 bits per heavy atom. The highest BCUT2D eigenvalue weighted by Gasteiger charge is 2.38. The van der Waals surface area contributed by atoms with E-state index < -0.39 is 5.60 Å². The Kier molecular flexibility index (Phi) is 2.21. The minimum Gasteiger partial charge on any atom is -0.496 e. The predicted octanol–water partition coefficient (Wildman–Crippen LogP) is 0.794. The Morgan fingerprint density at radius 1 is 1.43 bits per heavy atom. The quantitative estimate of drug-likeness (QED) is 0.729. The van der Waals surface area contributed by atoms with Gasteiger partial charge in [-0.3, -0.25) is 0 Å². The summed E-state index contributed by atoms with van der Waals surface area (Å²) < 4.78 is 5.26. The SMILES string of the molecule is COc1cc(C)ccc1C1(O)CNC1. The third-order valence-corrected chi connectivity index (χ3v) is 2.69. The highest BCUT2D eigenvalue weighted by Crippen LogP contribution is 2.33. The normalized spacial score (nSPS) is 18.8. The molecule has 0 spiro atoms. The van der Waals surface area contributed by atoms with Crippen molar-refractivity contribution in [3.05, 3.63) is 29.3 Å². The Bertz CT molecular complexity index is 345. The molecule has 0 saturated carbocycles. The van der Waals surface area contributed by atoms with Crippen LogP contribution in [0.1, 0.15) is 11.1 Å². The lowest BCUT2D eigenvalue weighted by Gasteiger charge is -2.38. The maximum absolute atomic E-state index is 10.1. The van der Waals surface area contributed by atoms with Crippen molar-refractivity contribution in [2.45, 2.75) is 12.5 Å². The third-order valence-electron chi connectivity index (χ3n) is 2.69. The molecule has 0 unspecified atom stereocenters. The molecule has 14 heavy (non-hydrogen) atoms. The molecule has 1 aliphatic heterocycles. The van der Waals surface area contributed by atoms with Crippen LogP contribution in [0.25, 0.3) is 0 Å². The third kappa shape index (κ3) is 1.38. The van der Waals surface area contributed by atoms with Gasteiger partial charge in [-0.1, -0.05) is 12.1 Å². The van der Waals surface area contributed by atoms with Gasteiger partial charge < -0.3 is 15.2 Å². The first kappa shape index (κ1) is 9.49. The highest BCUT2D eigenvalue weighted by atomic mass is 16.5. The maximum Gasteiger partial charge on any atom is 0.125 e. The van der Waals surface area contributed by atoms with Gasteiger partial charge in [-0.25, -0.2) is 0 Å². The highest BCUT2D eigenvalue weighted by molar-refractivity contribution is 5.42. The van der Waals surface area contributed by atoms with Crippen LogP contribution in [-0.4, -0.2) is 25.3 Å². The summed E-state index contributed by atoms with van der Waals surface area (Å²) in [5, 5.41) is 13.2. The standard InChI is InChI=1S/C11H15NO2/c1-8-3-4-9(10(5-8)14-2)11(13)6-12-7-11/h3-5,12-13H,6-7H2,1-2H3. The number of benzene rings is 1. The van der Waals surface area contributed by atoms with E-state index >= 15 is 0 Å². The number of methoxy groups -OCH3 is 1. The molecule has 0 aromatic heterocycles. The van der Waals surface area contributed by atoms with E-state index in [1.54, 1.807) is 7.11 Å². The molecule has 1 heterocycles. The molecule has 1 fully saturated rings. The molecule has 1 aromatic rings. The van der Waals surface area contributed by atoms with Crippen molar-refractivity contribution in [3.63, 3.8) is 0 Å². The molecular weight excluding hydrogens is 178 g/mol. The van der Waals surface area contributed by atoms with Gasteiger partial charge >= 0.3 is 0 Å². The Balaban J connectivity index is 2.41. The van der Waals surface area contributed by atoms with Crippen molar-refractivity contribution >= 4 is 0 Å². The molecule has 1 aromatic carbocycles. The van der Waals surface area contributed by atoms with Crippen molar-refractivity contribution < 1.29 is 9.84 Å². The molecule has 0 aliphatic carbocycles. The van der Waals surface area contributed by atoms with Crippen LogP contribution in [0.15, 0.2) is 18.2 Å². The number of hydrogen-bond donors (Lipinski definition) is 2. The Labute approximate surface area is 83.7 Å². The number of aliphatic hydroxyl groups is 1. The number of β-amino-alcohol motifs (C(OH)–C–C–N with tert-alkyl or cyclic N) is 1. The molecule has 3 heteroatoms. The molecular formula is C11H15NO2. The molecule has 2 rings (SSSR count).